The molecule has 1 N–H and O–H groups in total. The van der Waals surface area contributed by atoms with Crippen molar-refractivity contribution in [2.75, 3.05) is 6.61 Å². The van der Waals surface area contributed by atoms with E-state index in [1.807, 2.05) is 0 Å². The summed E-state index contributed by atoms with van der Waals surface area (Å²) in [5.74, 6) is 6.40. The van der Waals surface area contributed by atoms with Gasteiger partial charge in [0.25, 0.3) is 0 Å². The minimum atomic E-state index is 0.324. The van der Waals surface area contributed by atoms with Gasteiger partial charge < -0.3 is 5.11 Å². The maximum absolute atomic E-state index is 8.55. The summed E-state index contributed by atoms with van der Waals surface area (Å²) >= 11 is 0. The summed E-state index contributed by atoms with van der Waals surface area (Å²) in [6.45, 7) is 2.55. The smallest absolute Gasteiger partial charge is 0.0431 e. The molecular formula is C13H24O. The van der Waals surface area contributed by atoms with E-state index in [0.29, 0.717) is 6.61 Å². The van der Waals surface area contributed by atoms with Crippen molar-refractivity contribution in [1.82, 2.24) is 0 Å². The Bertz CT molecular complexity index is 136. The molecule has 82 valence electrons. The largest absolute Gasteiger partial charge is 0.396 e. The van der Waals surface area contributed by atoms with Crippen LogP contribution in [0.5, 0.6) is 0 Å². The average Bonchev–Trinajstić information content (AvgIpc) is 2.21. The van der Waals surface area contributed by atoms with E-state index < -0.39 is 0 Å². The molecule has 14 heavy (non-hydrogen) atoms. The molecule has 0 aromatic rings. The van der Waals surface area contributed by atoms with Gasteiger partial charge in [-0.2, -0.15) is 0 Å². The van der Waals surface area contributed by atoms with Gasteiger partial charge in [-0.1, -0.05) is 32.6 Å². The molecule has 0 heterocycles. The van der Waals surface area contributed by atoms with E-state index >= 15 is 0 Å². The molecule has 0 spiro atoms. The van der Waals surface area contributed by atoms with Crippen molar-refractivity contribution in [1.29, 1.82) is 0 Å². The van der Waals surface area contributed by atoms with E-state index in [1.54, 1.807) is 0 Å². The highest BCUT2D eigenvalue weighted by atomic mass is 16.2. The molecule has 0 aliphatic carbocycles. The van der Waals surface area contributed by atoms with Crippen molar-refractivity contribution >= 4 is 0 Å². The second-order valence-electron chi connectivity index (χ2n) is 3.70. The van der Waals surface area contributed by atoms with Crippen molar-refractivity contribution < 1.29 is 5.11 Å². The zero-order valence-electron chi connectivity index (χ0n) is 9.52. The summed E-state index contributed by atoms with van der Waals surface area (Å²) in [6.07, 6.45) is 10.5. The van der Waals surface area contributed by atoms with Crippen LogP contribution in [-0.2, 0) is 0 Å². The van der Waals surface area contributed by atoms with E-state index in [4.69, 9.17) is 5.11 Å². The SMILES string of the molecule is CCCCCCC#CCCCCCO. The molecular weight excluding hydrogens is 172 g/mol. The normalized spacial score (nSPS) is 9.57. The lowest BCUT2D eigenvalue weighted by molar-refractivity contribution is 0.283. The molecule has 0 radical (unpaired) electrons. The summed E-state index contributed by atoms with van der Waals surface area (Å²) < 4.78 is 0. The van der Waals surface area contributed by atoms with Gasteiger partial charge >= 0.3 is 0 Å². The Morgan fingerprint density at radius 2 is 1.36 bits per heavy atom. The highest BCUT2D eigenvalue weighted by molar-refractivity contribution is 4.98. The fraction of sp³-hybridized carbons (Fsp3) is 0.846. The molecule has 0 aromatic heterocycles. The van der Waals surface area contributed by atoms with Gasteiger partial charge in [0.2, 0.25) is 0 Å². The van der Waals surface area contributed by atoms with Gasteiger partial charge in [0, 0.05) is 19.4 Å². The monoisotopic (exact) mass is 196 g/mol. The summed E-state index contributed by atoms with van der Waals surface area (Å²) in [5, 5.41) is 8.55. The van der Waals surface area contributed by atoms with E-state index in [-0.39, 0.29) is 0 Å². The van der Waals surface area contributed by atoms with Gasteiger partial charge in [0.15, 0.2) is 0 Å². The Kier molecular flexibility index (Phi) is 12.1. The van der Waals surface area contributed by atoms with Crippen LogP contribution in [0.15, 0.2) is 0 Å². The van der Waals surface area contributed by atoms with Crippen molar-refractivity contribution in [3.63, 3.8) is 0 Å². The summed E-state index contributed by atoms with van der Waals surface area (Å²) in [4.78, 5) is 0. The highest BCUT2D eigenvalue weighted by Gasteiger charge is 1.85. The summed E-state index contributed by atoms with van der Waals surface area (Å²) in [7, 11) is 0. The van der Waals surface area contributed by atoms with Crippen LogP contribution in [0.3, 0.4) is 0 Å². The van der Waals surface area contributed by atoms with E-state index in [1.165, 1.54) is 25.7 Å². The van der Waals surface area contributed by atoms with Gasteiger partial charge in [0.1, 0.15) is 0 Å². The predicted octanol–water partition coefficient (Wildman–Crippen LogP) is 3.51. The number of hydrogen-bond donors (Lipinski definition) is 1. The molecule has 0 saturated carbocycles. The Balaban J connectivity index is 3.03. The van der Waals surface area contributed by atoms with Crippen LogP contribution in [0, 0.1) is 11.8 Å². The molecule has 0 fully saturated rings. The second kappa shape index (κ2) is 12.5. The van der Waals surface area contributed by atoms with Gasteiger partial charge in [-0.25, -0.2) is 0 Å². The summed E-state index contributed by atoms with van der Waals surface area (Å²) in [6, 6.07) is 0. The minimum Gasteiger partial charge on any atom is -0.396 e. The van der Waals surface area contributed by atoms with Crippen LogP contribution in [-0.4, -0.2) is 11.7 Å². The number of aliphatic hydroxyl groups is 1. The van der Waals surface area contributed by atoms with Crippen LogP contribution in [0.2, 0.25) is 0 Å². The van der Waals surface area contributed by atoms with Gasteiger partial charge in [0.05, 0.1) is 0 Å². The van der Waals surface area contributed by atoms with Crippen molar-refractivity contribution in [3.05, 3.63) is 0 Å². The predicted molar refractivity (Wildman–Crippen MR) is 62.1 cm³/mol. The fourth-order valence-electron chi connectivity index (χ4n) is 1.32. The van der Waals surface area contributed by atoms with Crippen LogP contribution in [0.25, 0.3) is 0 Å². The molecule has 0 amide bonds. The number of hydrogen-bond acceptors (Lipinski definition) is 1. The second-order valence-corrected chi connectivity index (χ2v) is 3.70. The number of unbranched alkanes of at least 4 members (excludes halogenated alkanes) is 7. The van der Waals surface area contributed by atoms with Crippen LogP contribution < -0.4 is 0 Å². The maximum atomic E-state index is 8.55. The molecule has 0 aromatic carbocycles. The molecule has 0 unspecified atom stereocenters. The molecule has 0 aliphatic heterocycles. The molecule has 0 aliphatic rings. The van der Waals surface area contributed by atoms with Crippen molar-refractivity contribution in [3.8, 4) is 11.8 Å². The van der Waals surface area contributed by atoms with Crippen LogP contribution in [0.4, 0.5) is 0 Å². The third-order valence-electron chi connectivity index (χ3n) is 2.24. The van der Waals surface area contributed by atoms with Gasteiger partial charge in [-0.3, -0.25) is 0 Å². The molecule has 1 heteroatoms. The fourth-order valence-corrected chi connectivity index (χ4v) is 1.32. The number of aliphatic hydroxyl groups excluding tert-OH is 1. The topological polar surface area (TPSA) is 20.2 Å². The standard InChI is InChI=1S/C13H24O/c1-2-3-4-5-6-7-8-9-10-11-12-13-14/h14H,2-6,9-13H2,1H3. The van der Waals surface area contributed by atoms with E-state index in [9.17, 15) is 0 Å². The first kappa shape index (κ1) is 13.5. The molecule has 0 atom stereocenters. The first-order valence-electron chi connectivity index (χ1n) is 5.98. The molecule has 0 saturated heterocycles. The average molecular weight is 196 g/mol. The Morgan fingerprint density at radius 3 is 1.86 bits per heavy atom. The number of rotatable bonds is 8. The van der Waals surface area contributed by atoms with Crippen molar-refractivity contribution in [2.45, 2.75) is 64.7 Å². The Labute approximate surface area is 88.9 Å². The Hall–Kier alpha value is -0.480. The quantitative estimate of drug-likeness (QED) is 0.465. The molecule has 0 rings (SSSR count). The molecule has 0 bridgehead atoms. The zero-order chi connectivity index (χ0) is 10.5. The first-order valence-corrected chi connectivity index (χ1v) is 5.98. The van der Waals surface area contributed by atoms with Gasteiger partial charge in [-0.05, 0) is 19.3 Å². The zero-order valence-corrected chi connectivity index (χ0v) is 9.52. The third-order valence-corrected chi connectivity index (χ3v) is 2.24. The van der Waals surface area contributed by atoms with Crippen molar-refractivity contribution in [2.24, 2.45) is 0 Å². The Morgan fingerprint density at radius 1 is 0.786 bits per heavy atom. The third kappa shape index (κ3) is 11.5. The first-order chi connectivity index (χ1) is 6.91. The van der Waals surface area contributed by atoms with Crippen LogP contribution >= 0.6 is 0 Å². The minimum absolute atomic E-state index is 0.324. The van der Waals surface area contributed by atoms with Crippen LogP contribution in [0.1, 0.15) is 64.7 Å². The lowest BCUT2D eigenvalue weighted by Crippen LogP contribution is -1.81. The highest BCUT2D eigenvalue weighted by Crippen LogP contribution is 2.01. The lowest BCUT2D eigenvalue weighted by Gasteiger charge is -1.93. The maximum Gasteiger partial charge on any atom is 0.0431 e. The summed E-state index contributed by atoms with van der Waals surface area (Å²) in [5.41, 5.74) is 0. The molecule has 1 nitrogen and oxygen atoms in total. The van der Waals surface area contributed by atoms with E-state index in [2.05, 4.69) is 18.8 Å². The van der Waals surface area contributed by atoms with E-state index in [0.717, 1.165) is 32.1 Å². The lowest BCUT2D eigenvalue weighted by atomic mass is 10.1. The van der Waals surface area contributed by atoms with Gasteiger partial charge in [-0.15, -0.1) is 11.8 Å².